The van der Waals surface area contributed by atoms with E-state index in [1.165, 1.54) is 193 Å². The Labute approximate surface area is 320 Å². The van der Waals surface area contributed by atoms with Gasteiger partial charge in [-0.15, -0.1) is 0 Å². The summed E-state index contributed by atoms with van der Waals surface area (Å²) in [5.41, 5.74) is 0. The lowest BCUT2D eigenvalue weighted by atomic mass is 10.0. The van der Waals surface area contributed by atoms with Crippen molar-refractivity contribution in [2.75, 3.05) is 0 Å². The Hall–Kier alpha value is -1.06. The zero-order valence-corrected chi connectivity index (χ0v) is 34.9. The molecule has 0 saturated carbocycles. The van der Waals surface area contributed by atoms with E-state index in [0.717, 1.165) is 64.2 Å². The van der Waals surface area contributed by atoms with Gasteiger partial charge in [0.25, 0.3) is 0 Å². The van der Waals surface area contributed by atoms with Gasteiger partial charge in [0.2, 0.25) is 0 Å². The minimum absolute atomic E-state index is 0.0111. The van der Waals surface area contributed by atoms with Gasteiger partial charge in [-0.3, -0.25) is 9.59 Å². The first-order chi connectivity index (χ1) is 25.1. The summed E-state index contributed by atoms with van der Waals surface area (Å²) in [5.74, 6) is -0.684. The van der Waals surface area contributed by atoms with Gasteiger partial charge in [0.05, 0.1) is 0 Å². The molecule has 0 aliphatic heterocycles. The van der Waals surface area contributed by atoms with Crippen LogP contribution in [-0.2, 0) is 14.3 Å². The van der Waals surface area contributed by atoms with Crippen LogP contribution >= 0.6 is 0 Å². The van der Waals surface area contributed by atoms with Crippen LogP contribution in [0.3, 0.4) is 0 Å². The second kappa shape index (κ2) is 43.3. The lowest BCUT2D eigenvalue weighted by Crippen LogP contribution is -2.18. The molecule has 0 spiro atoms. The highest BCUT2D eigenvalue weighted by Crippen LogP contribution is 2.20. The molecule has 0 aromatic rings. The largest absolute Gasteiger partial charge is 0.481 e. The predicted molar refractivity (Wildman–Crippen MR) is 223 cm³/mol. The van der Waals surface area contributed by atoms with Gasteiger partial charge in [-0.25, -0.2) is 0 Å². The highest BCUT2D eigenvalue weighted by Gasteiger charge is 2.14. The maximum atomic E-state index is 12.7. The molecule has 0 amide bonds. The van der Waals surface area contributed by atoms with Gasteiger partial charge in [-0.05, 0) is 38.5 Å². The van der Waals surface area contributed by atoms with E-state index in [4.69, 9.17) is 9.84 Å². The fourth-order valence-electron chi connectivity index (χ4n) is 7.60. The van der Waals surface area contributed by atoms with Gasteiger partial charge in [0.1, 0.15) is 6.10 Å². The summed E-state index contributed by atoms with van der Waals surface area (Å²) in [7, 11) is 0. The molecule has 1 unspecified atom stereocenters. The summed E-state index contributed by atoms with van der Waals surface area (Å²) in [5, 5.41) is 8.83. The fourth-order valence-corrected chi connectivity index (χ4v) is 7.60. The summed E-state index contributed by atoms with van der Waals surface area (Å²) in [6.45, 7) is 4.57. The first kappa shape index (κ1) is 49.9. The van der Waals surface area contributed by atoms with Crippen molar-refractivity contribution in [3.63, 3.8) is 0 Å². The summed E-state index contributed by atoms with van der Waals surface area (Å²) in [6, 6.07) is 0. The second-order valence-electron chi connectivity index (χ2n) is 16.3. The van der Waals surface area contributed by atoms with Crippen LogP contribution in [-0.4, -0.2) is 23.1 Å². The van der Waals surface area contributed by atoms with Crippen molar-refractivity contribution in [1.29, 1.82) is 0 Å². The Morgan fingerprint density at radius 3 is 0.863 bits per heavy atom. The van der Waals surface area contributed by atoms with Gasteiger partial charge in [0.15, 0.2) is 0 Å². The number of carboxylic acid groups (broad SMARTS) is 1. The van der Waals surface area contributed by atoms with Gasteiger partial charge in [-0.1, -0.05) is 232 Å². The Morgan fingerprint density at radius 2 is 0.588 bits per heavy atom. The third-order valence-corrected chi connectivity index (χ3v) is 11.1. The molecule has 304 valence electrons. The number of unbranched alkanes of at least 4 members (excludes halogenated alkanes) is 35. The minimum atomic E-state index is -0.695. The molecule has 0 fully saturated rings. The zero-order chi connectivity index (χ0) is 37.1. The Morgan fingerprint density at radius 1 is 0.353 bits per heavy atom. The maximum Gasteiger partial charge on any atom is 0.306 e. The molecular weight excluding hydrogens is 629 g/mol. The quantitative estimate of drug-likeness (QED) is 0.0503. The van der Waals surface area contributed by atoms with Crippen molar-refractivity contribution in [3.05, 3.63) is 0 Å². The van der Waals surface area contributed by atoms with Crippen molar-refractivity contribution < 1.29 is 19.4 Å². The molecule has 0 aliphatic carbocycles. The van der Waals surface area contributed by atoms with Crippen LogP contribution in [0.2, 0.25) is 0 Å². The average molecular weight is 721 g/mol. The monoisotopic (exact) mass is 721 g/mol. The number of hydrogen-bond donors (Lipinski definition) is 1. The van der Waals surface area contributed by atoms with E-state index in [1.54, 1.807) is 0 Å². The van der Waals surface area contributed by atoms with Crippen LogP contribution in [0, 0.1) is 0 Å². The van der Waals surface area contributed by atoms with Crippen LogP contribution in [0.4, 0.5) is 0 Å². The van der Waals surface area contributed by atoms with Crippen LogP contribution in [0.5, 0.6) is 0 Å². The molecule has 1 atom stereocenters. The third-order valence-electron chi connectivity index (χ3n) is 11.1. The molecule has 4 nitrogen and oxygen atoms in total. The number of ether oxygens (including phenoxy) is 1. The zero-order valence-electron chi connectivity index (χ0n) is 34.9. The highest BCUT2D eigenvalue weighted by atomic mass is 16.5. The van der Waals surface area contributed by atoms with Crippen LogP contribution in [0.25, 0.3) is 0 Å². The number of hydrogen-bond acceptors (Lipinski definition) is 3. The second-order valence-corrected chi connectivity index (χ2v) is 16.3. The Balaban J connectivity index is 3.77. The Kier molecular flexibility index (Phi) is 42.4. The highest BCUT2D eigenvalue weighted by molar-refractivity contribution is 5.69. The van der Waals surface area contributed by atoms with Gasteiger partial charge >= 0.3 is 11.9 Å². The maximum absolute atomic E-state index is 12.7. The topological polar surface area (TPSA) is 63.6 Å². The number of esters is 1. The van der Waals surface area contributed by atoms with E-state index < -0.39 is 5.97 Å². The normalized spacial score (nSPS) is 12.0. The molecule has 0 aromatic carbocycles. The molecule has 4 heteroatoms. The van der Waals surface area contributed by atoms with E-state index >= 15 is 0 Å². The SMILES string of the molecule is CCCCCCCCCCCCCCCCCCCCCCCCCC(=O)OC(CCCCCCCCCCCC)CCCCCCCC(=O)O. The van der Waals surface area contributed by atoms with Gasteiger partial charge in [0, 0.05) is 12.8 Å². The number of carbonyl (C=O) groups is 2. The number of carboxylic acids is 1. The van der Waals surface area contributed by atoms with E-state index in [-0.39, 0.29) is 18.5 Å². The summed E-state index contributed by atoms with van der Waals surface area (Å²) < 4.78 is 6.03. The smallest absolute Gasteiger partial charge is 0.306 e. The van der Waals surface area contributed by atoms with Crippen molar-refractivity contribution in [2.24, 2.45) is 0 Å². The van der Waals surface area contributed by atoms with Gasteiger partial charge < -0.3 is 9.84 Å². The minimum Gasteiger partial charge on any atom is -0.481 e. The predicted octanol–water partition coefficient (Wildman–Crippen LogP) is 16.4. The van der Waals surface area contributed by atoms with Crippen molar-refractivity contribution in [2.45, 2.75) is 290 Å². The molecule has 0 saturated heterocycles. The van der Waals surface area contributed by atoms with Crippen LogP contribution in [0.15, 0.2) is 0 Å². The Bertz CT molecular complexity index is 692. The molecule has 0 bridgehead atoms. The average Bonchev–Trinajstić information content (AvgIpc) is 3.12. The van der Waals surface area contributed by atoms with E-state index in [0.29, 0.717) is 6.42 Å². The van der Waals surface area contributed by atoms with Crippen LogP contribution in [0.1, 0.15) is 284 Å². The summed E-state index contributed by atoms with van der Waals surface area (Å²) in [6.07, 6.45) is 53.0. The fraction of sp³-hybridized carbons (Fsp3) is 0.957. The molecular formula is C47H92O4. The molecule has 0 rings (SSSR count). The van der Waals surface area contributed by atoms with Crippen molar-refractivity contribution in [1.82, 2.24) is 0 Å². The number of aliphatic carboxylic acids is 1. The van der Waals surface area contributed by atoms with Crippen molar-refractivity contribution in [3.8, 4) is 0 Å². The van der Waals surface area contributed by atoms with E-state index in [1.807, 2.05) is 0 Å². The van der Waals surface area contributed by atoms with Crippen LogP contribution < -0.4 is 0 Å². The van der Waals surface area contributed by atoms with E-state index in [9.17, 15) is 9.59 Å². The standard InChI is InChI=1S/C47H92O4/c1-3-5-7-9-11-13-15-16-17-18-19-20-21-22-23-24-25-26-27-29-31-36-40-44-47(50)51-45(42-38-34-32-35-39-43-46(48)49)41-37-33-30-28-14-12-10-8-6-4-2/h45H,3-44H2,1-2H3,(H,48,49). The number of rotatable bonds is 44. The molecule has 1 N–H and O–H groups in total. The van der Waals surface area contributed by atoms with Crippen molar-refractivity contribution >= 4 is 11.9 Å². The lowest BCUT2D eigenvalue weighted by molar-refractivity contribution is -0.150. The van der Waals surface area contributed by atoms with E-state index in [2.05, 4.69) is 13.8 Å². The molecule has 0 aliphatic rings. The molecule has 51 heavy (non-hydrogen) atoms. The first-order valence-corrected chi connectivity index (χ1v) is 23.5. The first-order valence-electron chi connectivity index (χ1n) is 23.5. The van der Waals surface area contributed by atoms with Gasteiger partial charge in [-0.2, -0.15) is 0 Å². The summed E-state index contributed by atoms with van der Waals surface area (Å²) in [4.78, 5) is 23.4. The molecule has 0 heterocycles. The molecule has 0 radical (unpaired) electrons. The lowest BCUT2D eigenvalue weighted by Gasteiger charge is -2.18. The third kappa shape index (κ3) is 43.2. The number of carbonyl (C=O) groups excluding carboxylic acids is 1. The summed E-state index contributed by atoms with van der Waals surface area (Å²) >= 11 is 0. The molecule has 0 aromatic heterocycles.